The second kappa shape index (κ2) is 7.97. The summed E-state index contributed by atoms with van der Waals surface area (Å²) in [5.74, 6) is 1.37. The van der Waals surface area contributed by atoms with Crippen molar-refractivity contribution in [2.24, 2.45) is 0 Å². The highest BCUT2D eigenvalue weighted by atomic mass is 32.1. The lowest BCUT2D eigenvalue weighted by molar-refractivity contribution is -0.116. The van der Waals surface area contributed by atoms with E-state index in [0.717, 1.165) is 28.2 Å². The van der Waals surface area contributed by atoms with E-state index in [1.54, 1.807) is 12.2 Å². The van der Waals surface area contributed by atoms with E-state index in [0.29, 0.717) is 13.2 Å². The first kappa shape index (κ1) is 18.0. The molecule has 1 amide bonds. The first-order chi connectivity index (χ1) is 11.5. The Kier molecular flexibility index (Phi) is 5.98. The maximum Gasteiger partial charge on any atom is 0.294 e. The zero-order chi connectivity index (χ0) is 17.7. The van der Waals surface area contributed by atoms with Gasteiger partial charge in [-0.25, -0.2) is 0 Å². The van der Waals surface area contributed by atoms with Crippen LogP contribution in [0, 0.1) is 13.8 Å². The van der Waals surface area contributed by atoms with E-state index in [-0.39, 0.29) is 16.8 Å². The number of hydrogen-bond acceptors (Lipinski definition) is 5. The molecule has 24 heavy (non-hydrogen) atoms. The molecule has 0 unspecified atom stereocenters. The summed E-state index contributed by atoms with van der Waals surface area (Å²) in [5.41, 5.74) is 2.96. The van der Waals surface area contributed by atoms with Gasteiger partial charge >= 0.3 is 0 Å². The third-order valence-electron chi connectivity index (χ3n) is 3.45. The van der Waals surface area contributed by atoms with Gasteiger partial charge in [-0.1, -0.05) is 12.2 Å². The first-order valence-corrected chi connectivity index (χ1v) is 8.20. The van der Waals surface area contributed by atoms with Crippen LogP contribution in [0.5, 0.6) is 11.5 Å². The molecule has 0 bridgehead atoms. The van der Waals surface area contributed by atoms with E-state index < -0.39 is 0 Å². The lowest BCUT2D eigenvalue weighted by Crippen LogP contribution is -2.18. The topological polar surface area (TPSA) is 56.8 Å². The van der Waals surface area contributed by atoms with Crippen molar-refractivity contribution in [3.05, 3.63) is 40.7 Å². The van der Waals surface area contributed by atoms with Crippen LogP contribution < -0.4 is 14.8 Å². The quantitative estimate of drug-likeness (QED) is 0.631. The fraction of sp³-hybridized carbons (Fsp3) is 0.333. The molecule has 0 atom stereocenters. The molecule has 0 aliphatic carbocycles. The van der Waals surface area contributed by atoms with Crippen molar-refractivity contribution in [2.45, 2.75) is 27.7 Å². The highest BCUT2D eigenvalue weighted by Crippen LogP contribution is 2.37. The smallest absolute Gasteiger partial charge is 0.294 e. The maximum atomic E-state index is 11.5. The van der Waals surface area contributed by atoms with Crippen LogP contribution in [0.15, 0.2) is 24.0 Å². The van der Waals surface area contributed by atoms with Crippen LogP contribution >= 0.6 is 12.2 Å². The Morgan fingerprint density at radius 1 is 1.21 bits per heavy atom. The molecule has 1 aromatic rings. The predicted octanol–water partition coefficient (Wildman–Crippen LogP) is 3.43. The second-order valence-electron chi connectivity index (χ2n) is 5.17. The van der Waals surface area contributed by atoms with Gasteiger partial charge in [0, 0.05) is 5.56 Å². The largest absolute Gasteiger partial charge is 0.490 e. The van der Waals surface area contributed by atoms with Gasteiger partial charge in [0.15, 0.2) is 17.3 Å². The van der Waals surface area contributed by atoms with Gasteiger partial charge in [-0.15, -0.1) is 0 Å². The van der Waals surface area contributed by atoms with Gasteiger partial charge in [0.1, 0.15) is 0 Å². The number of allylic oxidation sites excluding steroid dienone is 2. The van der Waals surface area contributed by atoms with Crippen LogP contribution in [0.1, 0.15) is 30.5 Å². The van der Waals surface area contributed by atoms with Crippen molar-refractivity contribution in [1.29, 1.82) is 0 Å². The van der Waals surface area contributed by atoms with Crippen LogP contribution in [0.25, 0.3) is 6.08 Å². The number of hydrogen-bond donors (Lipinski definition) is 1. The third-order valence-corrected chi connectivity index (χ3v) is 3.64. The van der Waals surface area contributed by atoms with Gasteiger partial charge in [-0.2, -0.15) is 0 Å². The van der Waals surface area contributed by atoms with E-state index in [1.165, 1.54) is 0 Å². The lowest BCUT2D eigenvalue weighted by Gasteiger charge is -2.17. The molecule has 0 spiro atoms. The molecular formula is C18H21NO4S. The molecule has 0 saturated carbocycles. The first-order valence-electron chi connectivity index (χ1n) is 7.79. The number of thiocarbonyl (C=S) groups is 1. The van der Waals surface area contributed by atoms with Crippen LogP contribution in [-0.4, -0.2) is 24.3 Å². The molecule has 0 aromatic heterocycles. The Balaban J connectivity index is 2.33. The summed E-state index contributed by atoms with van der Waals surface area (Å²) in [6, 6.07) is 2.03. The molecule has 1 saturated heterocycles. The minimum Gasteiger partial charge on any atom is -0.490 e. The van der Waals surface area contributed by atoms with E-state index in [2.05, 4.69) is 5.32 Å². The molecule has 128 valence electrons. The molecule has 0 radical (unpaired) electrons. The molecule has 5 nitrogen and oxygen atoms in total. The highest BCUT2D eigenvalue weighted by Gasteiger charge is 2.22. The van der Waals surface area contributed by atoms with Crippen molar-refractivity contribution in [3.8, 4) is 11.5 Å². The van der Waals surface area contributed by atoms with Gasteiger partial charge in [-0.05, 0) is 63.2 Å². The molecule has 2 rings (SSSR count). The number of rotatable bonds is 6. The Hall–Kier alpha value is -2.34. The number of ether oxygens (including phenoxy) is 3. The molecule has 1 aliphatic rings. The van der Waals surface area contributed by atoms with Crippen molar-refractivity contribution in [2.75, 3.05) is 13.2 Å². The fourth-order valence-corrected chi connectivity index (χ4v) is 2.56. The summed E-state index contributed by atoms with van der Waals surface area (Å²) in [6.45, 7) is 8.98. The summed E-state index contributed by atoms with van der Waals surface area (Å²) < 4.78 is 16.6. The summed E-state index contributed by atoms with van der Waals surface area (Å²) in [6.07, 6.45) is 5.23. The average molecular weight is 347 g/mol. The Bertz CT molecular complexity index is 722. The van der Waals surface area contributed by atoms with Crippen molar-refractivity contribution < 1.29 is 19.0 Å². The van der Waals surface area contributed by atoms with Crippen molar-refractivity contribution in [3.63, 3.8) is 0 Å². The lowest BCUT2D eigenvalue weighted by atomic mass is 10.0. The molecule has 1 aliphatic heterocycles. The van der Waals surface area contributed by atoms with Gasteiger partial charge in [0.25, 0.3) is 11.1 Å². The number of carbonyl (C=O) groups excluding carboxylic acids is 1. The monoisotopic (exact) mass is 347 g/mol. The zero-order valence-electron chi connectivity index (χ0n) is 14.3. The third kappa shape index (κ3) is 3.94. The molecule has 1 fully saturated rings. The summed E-state index contributed by atoms with van der Waals surface area (Å²) in [7, 11) is 0. The van der Waals surface area contributed by atoms with Gasteiger partial charge in [0.2, 0.25) is 0 Å². The minimum atomic E-state index is -0.334. The summed E-state index contributed by atoms with van der Waals surface area (Å²) >= 11 is 4.79. The summed E-state index contributed by atoms with van der Waals surface area (Å²) in [4.78, 5) is 11.5. The van der Waals surface area contributed by atoms with Gasteiger partial charge in [0.05, 0.1) is 13.2 Å². The predicted molar refractivity (Wildman–Crippen MR) is 97.2 cm³/mol. The van der Waals surface area contributed by atoms with Crippen LogP contribution in [0.4, 0.5) is 0 Å². The van der Waals surface area contributed by atoms with Crippen LogP contribution in [0.2, 0.25) is 0 Å². The number of benzene rings is 1. The van der Waals surface area contributed by atoms with E-state index >= 15 is 0 Å². The molecular weight excluding hydrogens is 326 g/mol. The maximum absolute atomic E-state index is 11.5. The normalized spacial score (nSPS) is 15.8. The summed E-state index contributed by atoms with van der Waals surface area (Å²) in [5, 5.41) is 2.49. The zero-order valence-corrected chi connectivity index (χ0v) is 15.1. The van der Waals surface area contributed by atoms with E-state index in [4.69, 9.17) is 26.4 Å². The number of carbonyl (C=O) groups is 1. The Labute approximate surface area is 147 Å². The fourth-order valence-electron chi connectivity index (χ4n) is 2.38. The van der Waals surface area contributed by atoms with Gasteiger partial charge < -0.3 is 14.2 Å². The average Bonchev–Trinajstić information content (AvgIpc) is 2.85. The minimum absolute atomic E-state index is 0.0753. The highest BCUT2D eigenvalue weighted by molar-refractivity contribution is 7.80. The standard InChI is InChI=1S/C18H21NO4S/c1-5-21-15-11(3)10-13(12(4)16(15)22-6-2)8-7-9-14-17(20)19-18(24)23-14/h7-10H,5-6H2,1-4H3,(H,19,20,24). The Morgan fingerprint density at radius 3 is 2.46 bits per heavy atom. The Morgan fingerprint density at radius 2 is 1.88 bits per heavy atom. The van der Waals surface area contributed by atoms with E-state index in [1.807, 2.05) is 39.8 Å². The number of amides is 1. The van der Waals surface area contributed by atoms with Crippen LogP contribution in [-0.2, 0) is 9.53 Å². The SMILES string of the molecule is CCOc1c(C)cc(C=CC=C2OC(=S)NC2=O)c(C)c1OCC. The molecule has 1 N–H and O–H groups in total. The van der Waals surface area contributed by atoms with Crippen molar-refractivity contribution >= 4 is 29.4 Å². The second-order valence-corrected chi connectivity index (χ2v) is 5.54. The molecule has 6 heteroatoms. The van der Waals surface area contributed by atoms with Crippen molar-refractivity contribution in [1.82, 2.24) is 5.32 Å². The number of nitrogens with one attached hydrogen (secondary N) is 1. The molecule has 1 aromatic carbocycles. The molecule has 1 heterocycles. The van der Waals surface area contributed by atoms with E-state index in [9.17, 15) is 4.79 Å². The van der Waals surface area contributed by atoms with Gasteiger partial charge in [-0.3, -0.25) is 10.1 Å². The number of aryl methyl sites for hydroxylation is 1. The van der Waals surface area contributed by atoms with Crippen LogP contribution in [0.3, 0.4) is 0 Å².